The molecule has 0 saturated carbocycles. The molecule has 0 bridgehead atoms. The predicted molar refractivity (Wildman–Crippen MR) is 64.7 cm³/mol. The van der Waals surface area contributed by atoms with Crippen molar-refractivity contribution in [2.75, 3.05) is 5.32 Å². The molecule has 0 aliphatic heterocycles. The van der Waals surface area contributed by atoms with Crippen LogP contribution >= 0.6 is 11.6 Å². The Kier molecular flexibility index (Phi) is 3.84. The number of aromatic nitrogens is 2. The Hall–Kier alpha value is -2.22. The number of carbonyl (C=O) groups excluding carboxylic acids is 1. The molecule has 20 heavy (non-hydrogen) atoms. The van der Waals surface area contributed by atoms with Gasteiger partial charge in [0, 0.05) is 5.69 Å². The zero-order valence-electron chi connectivity index (χ0n) is 9.66. The zero-order chi connectivity index (χ0) is 14.8. The Morgan fingerprint density at radius 3 is 2.45 bits per heavy atom. The third-order valence-corrected chi connectivity index (χ3v) is 2.45. The molecule has 0 radical (unpaired) electrons. The van der Waals surface area contributed by atoms with E-state index in [0.29, 0.717) is 0 Å². The van der Waals surface area contributed by atoms with Crippen LogP contribution in [-0.2, 0) is 0 Å². The average Bonchev–Trinajstić information content (AvgIpc) is 2.76. The van der Waals surface area contributed by atoms with E-state index in [1.807, 2.05) is 0 Å². The first-order chi connectivity index (χ1) is 9.35. The predicted octanol–water partition coefficient (Wildman–Crippen LogP) is 3.21. The van der Waals surface area contributed by atoms with E-state index in [2.05, 4.69) is 20.3 Å². The van der Waals surface area contributed by atoms with Gasteiger partial charge in [-0.25, -0.2) is 0 Å². The lowest BCUT2D eigenvalue weighted by Gasteiger charge is -2.09. The molecular weight excluding hydrogens is 299 g/mol. The average molecular weight is 306 g/mol. The lowest BCUT2D eigenvalue weighted by Crippen LogP contribution is -2.17. The van der Waals surface area contributed by atoms with Crippen molar-refractivity contribution < 1.29 is 22.7 Å². The summed E-state index contributed by atoms with van der Waals surface area (Å²) in [4.78, 5) is 11.7. The molecule has 1 aromatic heterocycles. The SMILES string of the molecule is O=C(Nc1ccc(OC(F)(F)F)cc1)c1[nH]ncc1Cl. The van der Waals surface area contributed by atoms with E-state index in [-0.39, 0.29) is 22.2 Å². The molecule has 1 amide bonds. The van der Waals surface area contributed by atoms with Gasteiger partial charge in [0.05, 0.1) is 11.2 Å². The Balaban J connectivity index is 2.04. The van der Waals surface area contributed by atoms with E-state index in [1.165, 1.54) is 18.3 Å². The van der Waals surface area contributed by atoms with Crippen molar-refractivity contribution in [3.63, 3.8) is 0 Å². The second kappa shape index (κ2) is 5.41. The lowest BCUT2D eigenvalue weighted by atomic mass is 10.3. The van der Waals surface area contributed by atoms with E-state index in [0.717, 1.165) is 12.1 Å². The highest BCUT2D eigenvalue weighted by molar-refractivity contribution is 6.34. The van der Waals surface area contributed by atoms with Crippen molar-refractivity contribution in [2.45, 2.75) is 6.36 Å². The van der Waals surface area contributed by atoms with Crippen LogP contribution in [-0.4, -0.2) is 22.5 Å². The normalized spacial score (nSPS) is 11.2. The van der Waals surface area contributed by atoms with Gasteiger partial charge in [-0.05, 0) is 24.3 Å². The molecule has 0 fully saturated rings. The fourth-order valence-corrected chi connectivity index (χ4v) is 1.54. The Bertz CT molecular complexity index is 610. The minimum Gasteiger partial charge on any atom is -0.406 e. The molecule has 2 aromatic rings. The number of hydrogen-bond donors (Lipinski definition) is 2. The van der Waals surface area contributed by atoms with E-state index in [4.69, 9.17) is 11.6 Å². The summed E-state index contributed by atoms with van der Waals surface area (Å²) in [5.74, 6) is -0.938. The van der Waals surface area contributed by atoms with Crippen molar-refractivity contribution in [1.29, 1.82) is 0 Å². The number of anilines is 1. The van der Waals surface area contributed by atoms with Crippen LogP contribution in [0.15, 0.2) is 30.5 Å². The van der Waals surface area contributed by atoms with E-state index in [1.54, 1.807) is 0 Å². The quantitative estimate of drug-likeness (QED) is 0.915. The van der Waals surface area contributed by atoms with E-state index < -0.39 is 12.3 Å². The maximum absolute atomic E-state index is 12.0. The number of nitrogens with zero attached hydrogens (tertiary/aromatic N) is 1. The highest BCUT2D eigenvalue weighted by Gasteiger charge is 2.30. The molecule has 5 nitrogen and oxygen atoms in total. The maximum atomic E-state index is 12.0. The number of benzene rings is 1. The Morgan fingerprint density at radius 1 is 1.30 bits per heavy atom. The summed E-state index contributed by atoms with van der Waals surface area (Å²) in [6.45, 7) is 0. The molecule has 0 unspecified atom stereocenters. The Morgan fingerprint density at radius 2 is 1.95 bits per heavy atom. The van der Waals surface area contributed by atoms with Gasteiger partial charge >= 0.3 is 6.36 Å². The van der Waals surface area contributed by atoms with Gasteiger partial charge in [-0.15, -0.1) is 13.2 Å². The van der Waals surface area contributed by atoms with E-state index in [9.17, 15) is 18.0 Å². The number of carbonyl (C=O) groups is 1. The van der Waals surface area contributed by atoms with E-state index >= 15 is 0 Å². The van der Waals surface area contributed by atoms with Crippen molar-refractivity contribution in [3.8, 4) is 5.75 Å². The number of H-pyrrole nitrogens is 1. The fraction of sp³-hybridized carbons (Fsp3) is 0.0909. The van der Waals surface area contributed by atoms with Crippen molar-refractivity contribution in [2.24, 2.45) is 0 Å². The third kappa shape index (κ3) is 3.64. The van der Waals surface area contributed by atoms with Gasteiger partial charge in [-0.3, -0.25) is 9.89 Å². The first-order valence-corrected chi connectivity index (χ1v) is 5.59. The minimum absolute atomic E-state index is 0.0577. The number of alkyl halides is 3. The smallest absolute Gasteiger partial charge is 0.406 e. The summed E-state index contributed by atoms with van der Waals surface area (Å²) >= 11 is 5.70. The van der Waals surface area contributed by atoms with Gasteiger partial charge in [-0.2, -0.15) is 5.10 Å². The van der Waals surface area contributed by atoms with Crippen LogP contribution in [0.2, 0.25) is 5.02 Å². The number of nitrogens with one attached hydrogen (secondary N) is 2. The first-order valence-electron chi connectivity index (χ1n) is 5.21. The van der Waals surface area contributed by atoms with Crippen LogP contribution in [0.25, 0.3) is 0 Å². The van der Waals surface area contributed by atoms with Crippen molar-refractivity contribution in [3.05, 3.63) is 41.2 Å². The summed E-state index contributed by atoms with van der Waals surface area (Å²) in [5.41, 5.74) is 0.345. The summed E-state index contributed by atoms with van der Waals surface area (Å²) in [6.07, 6.45) is -3.50. The topological polar surface area (TPSA) is 67.0 Å². The van der Waals surface area contributed by atoms with Crippen LogP contribution in [0.4, 0.5) is 18.9 Å². The van der Waals surface area contributed by atoms with Gasteiger partial charge in [-0.1, -0.05) is 11.6 Å². The molecular formula is C11H7ClF3N3O2. The lowest BCUT2D eigenvalue weighted by molar-refractivity contribution is -0.274. The number of halogens is 4. The standard InChI is InChI=1S/C11H7ClF3N3O2/c12-8-5-16-18-9(8)10(19)17-6-1-3-7(4-2-6)20-11(13,14)15/h1-5H,(H,16,18)(H,17,19). The summed E-state index contributed by atoms with van der Waals surface area (Å²) in [7, 11) is 0. The Labute approximate surface area is 115 Å². The summed E-state index contributed by atoms with van der Waals surface area (Å²) < 4.78 is 39.6. The van der Waals surface area contributed by atoms with Gasteiger partial charge in [0.25, 0.3) is 5.91 Å². The summed E-state index contributed by atoms with van der Waals surface area (Å²) in [5, 5.41) is 8.56. The number of ether oxygens (including phenoxy) is 1. The second-order valence-electron chi connectivity index (χ2n) is 3.62. The third-order valence-electron chi connectivity index (χ3n) is 2.17. The van der Waals surface area contributed by atoms with Gasteiger partial charge < -0.3 is 10.1 Å². The fourth-order valence-electron chi connectivity index (χ4n) is 1.36. The molecule has 2 N–H and O–H groups in total. The molecule has 1 aromatic carbocycles. The molecule has 1 heterocycles. The first kappa shape index (κ1) is 14.2. The largest absolute Gasteiger partial charge is 0.573 e. The monoisotopic (exact) mass is 305 g/mol. The van der Waals surface area contributed by atoms with Crippen molar-refractivity contribution in [1.82, 2.24) is 10.2 Å². The number of rotatable bonds is 3. The van der Waals surface area contributed by atoms with Crippen LogP contribution in [0.5, 0.6) is 5.75 Å². The molecule has 0 spiro atoms. The molecule has 9 heteroatoms. The van der Waals surface area contributed by atoms with Crippen LogP contribution in [0.3, 0.4) is 0 Å². The van der Waals surface area contributed by atoms with Crippen LogP contribution in [0, 0.1) is 0 Å². The van der Waals surface area contributed by atoms with Crippen molar-refractivity contribution >= 4 is 23.2 Å². The number of hydrogen-bond acceptors (Lipinski definition) is 3. The van der Waals surface area contributed by atoms with Crippen LogP contribution < -0.4 is 10.1 Å². The molecule has 0 aliphatic rings. The number of aromatic amines is 1. The number of amides is 1. The zero-order valence-corrected chi connectivity index (χ0v) is 10.4. The molecule has 0 atom stereocenters. The maximum Gasteiger partial charge on any atom is 0.573 e. The highest BCUT2D eigenvalue weighted by Crippen LogP contribution is 2.24. The second-order valence-corrected chi connectivity index (χ2v) is 4.03. The van der Waals surface area contributed by atoms with Gasteiger partial charge in [0.2, 0.25) is 0 Å². The van der Waals surface area contributed by atoms with Crippen LogP contribution in [0.1, 0.15) is 10.5 Å². The highest BCUT2D eigenvalue weighted by atomic mass is 35.5. The molecule has 0 saturated heterocycles. The molecule has 2 rings (SSSR count). The van der Waals surface area contributed by atoms with Gasteiger partial charge in [0.1, 0.15) is 11.4 Å². The molecule has 0 aliphatic carbocycles. The minimum atomic E-state index is -4.76. The summed E-state index contributed by atoms with van der Waals surface area (Å²) in [6, 6.07) is 4.70. The van der Waals surface area contributed by atoms with Gasteiger partial charge in [0.15, 0.2) is 0 Å². The molecule has 106 valence electrons.